The Morgan fingerprint density at radius 2 is 1.15 bits per heavy atom. The number of quaternary nitrogens is 1. The van der Waals surface area contributed by atoms with Gasteiger partial charge in [-0.25, -0.2) is 0 Å². The Morgan fingerprint density at radius 1 is 0.800 bits per heavy atom. The van der Waals surface area contributed by atoms with Crippen molar-refractivity contribution < 1.29 is 20.4 Å². The first-order valence-corrected chi connectivity index (χ1v) is 8.32. The summed E-state index contributed by atoms with van der Waals surface area (Å²) >= 11 is 0. The summed E-state index contributed by atoms with van der Waals surface area (Å²) in [5.41, 5.74) is 3.25. The van der Waals surface area contributed by atoms with Crippen LogP contribution in [0.3, 0.4) is 0 Å². The molecule has 0 aliphatic carbocycles. The average Bonchev–Trinajstić information content (AvgIpc) is 2.46. The van der Waals surface area contributed by atoms with Crippen molar-refractivity contribution in [3.8, 4) is 0 Å². The Bertz CT molecular complexity index is 187. The third-order valence-electron chi connectivity index (χ3n) is 3.22. The van der Waals surface area contributed by atoms with E-state index in [1.165, 1.54) is 64.2 Å². The maximum absolute atomic E-state index is 9.97. The van der Waals surface area contributed by atoms with Gasteiger partial charge in [0.15, 0.2) is 0 Å². The number of carboxylic acid groups (broad SMARTS) is 1. The molecule has 0 rings (SSSR count). The predicted octanol–water partition coefficient (Wildman–Crippen LogP) is 2.91. The van der Waals surface area contributed by atoms with Crippen LogP contribution >= 0.6 is 0 Å². The molecule has 3 N–H and O–H groups in total. The van der Waals surface area contributed by atoms with Crippen LogP contribution in [0.4, 0.5) is 4.79 Å². The van der Waals surface area contributed by atoms with E-state index in [0.717, 1.165) is 12.8 Å². The second kappa shape index (κ2) is 20.5. The molecule has 0 fully saturated rings. The van der Waals surface area contributed by atoms with E-state index in [2.05, 4.69) is 17.4 Å². The lowest BCUT2D eigenvalue weighted by atomic mass is 10.1. The minimum Gasteiger partial charge on any atom is -0.550 e. The van der Waals surface area contributed by atoms with Crippen LogP contribution in [0.25, 0.3) is 0 Å². The van der Waals surface area contributed by atoms with Crippen LogP contribution in [0.15, 0.2) is 0 Å². The van der Waals surface area contributed by atoms with E-state index in [9.17, 15) is 9.90 Å². The van der Waals surface area contributed by atoms with Crippen molar-refractivity contribution in [2.75, 3.05) is 13.7 Å². The van der Waals surface area contributed by atoms with E-state index in [-0.39, 0.29) is 0 Å². The second-order valence-corrected chi connectivity index (χ2v) is 4.99. The molecule has 4 heteroatoms. The summed E-state index contributed by atoms with van der Waals surface area (Å²) in [5.74, 6) is 0. The highest BCUT2D eigenvalue weighted by Crippen LogP contribution is 2.11. The maximum atomic E-state index is 9.97. The molecule has 0 radical (unpaired) electrons. The van der Waals surface area contributed by atoms with Gasteiger partial charge in [-0.1, -0.05) is 77.6 Å². The third-order valence-corrected chi connectivity index (χ3v) is 3.22. The van der Waals surface area contributed by atoms with Gasteiger partial charge < -0.3 is 20.4 Å². The molecule has 0 aliphatic rings. The van der Waals surface area contributed by atoms with Gasteiger partial charge in [-0.2, -0.15) is 0 Å². The molecule has 0 saturated heterocycles. The molecule has 0 amide bonds. The fourth-order valence-corrected chi connectivity index (χ4v) is 2.10. The summed E-state index contributed by atoms with van der Waals surface area (Å²) in [5, 5.41) is 9.97. The van der Waals surface area contributed by atoms with Gasteiger partial charge >= 0.3 is 0 Å². The molecule has 0 unspecified atom stereocenters. The second-order valence-electron chi connectivity index (χ2n) is 4.99. The fourth-order valence-electron chi connectivity index (χ4n) is 2.10. The van der Waals surface area contributed by atoms with Crippen molar-refractivity contribution in [2.45, 2.75) is 84.0 Å². The maximum Gasteiger partial charge on any atom is 0.251 e. The van der Waals surface area contributed by atoms with E-state index < -0.39 is 6.16 Å². The van der Waals surface area contributed by atoms with Crippen LogP contribution in [0, 0.1) is 0 Å². The van der Waals surface area contributed by atoms with Crippen LogP contribution in [0.1, 0.15) is 84.0 Å². The SMILES string of the molecule is CCCCCCCCCCCCCCOC(=O)[O-].C[NH3+]. The number of carbonyl (C=O) groups is 1. The van der Waals surface area contributed by atoms with Gasteiger partial charge in [0.25, 0.3) is 6.16 Å². The highest BCUT2D eigenvalue weighted by atomic mass is 16.7. The lowest BCUT2D eigenvalue weighted by molar-refractivity contribution is -0.325. The first kappa shape index (κ1) is 21.5. The smallest absolute Gasteiger partial charge is 0.251 e. The predicted molar refractivity (Wildman–Crippen MR) is 81.2 cm³/mol. The highest BCUT2D eigenvalue weighted by Gasteiger charge is 1.93. The lowest BCUT2D eigenvalue weighted by Gasteiger charge is -2.07. The molecule has 0 aromatic rings. The van der Waals surface area contributed by atoms with Gasteiger partial charge in [0.1, 0.15) is 0 Å². The van der Waals surface area contributed by atoms with Gasteiger partial charge in [-0.15, -0.1) is 0 Å². The van der Waals surface area contributed by atoms with Gasteiger partial charge in [0.05, 0.1) is 7.05 Å². The van der Waals surface area contributed by atoms with E-state index in [4.69, 9.17) is 0 Å². The van der Waals surface area contributed by atoms with Gasteiger partial charge in [0, 0.05) is 6.61 Å². The molecule has 0 aromatic heterocycles. The Hall–Kier alpha value is -0.770. The van der Waals surface area contributed by atoms with Crippen LogP contribution in [-0.4, -0.2) is 19.8 Å². The summed E-state index contributed by atoms with van der Waals surface area (Å²) in [6.07, 6.45) is 13.9. The molecular formula is C16H35NO3. The quantitative estimate of drug-likeness (QED) is 0.418. The summed E-state index contributed by atoms with van der Waals surface area (Å²) in [6, 6.07) is 0. The highest BCUT2D eigenvalue weighted by molar-refractivity contribution is 5.53. The van der Waals surface area contributed by atoms with Gasteiger partial charge in [0.2, 0.25) is 0 Å². The van der Waals surface area contributed by atoms with Crippen LogP contribution in [-0.2, 0) is 4.74 Å². The standard InChI is InChI=1S/C15H30O3.CH5N/c1-2-3-4-5-6-7-8-9-10-11-12-13-14-18-15(16)17;1-2/h2-14H2,1H3,(H,16,17);2H2,1H3. The molecule has 0 bridgehead atoms. The van der Waals surface area contributed by atoms with Gasteiger partial charge in [-0.05, 0) is 6.42 Å². The summed E-state index contributed by atoms with van der Waals surface area (Å²) < 4.78 is 4.34. The minimum atomic E-state index is -1.40. The largest absolute Gasteiger partial charge is 0.550 e. The summed E-state index contributed by atoms with van der Waals surface area (Å²) in [6.45, 7) is 2.54. The van der Waals surface area contributed by atoms with Crippen molar-refractivity contribution in [1.29, 1.82) is 0 Å². The number of hydrogen-bond acceptors (Lipinski definition) is 3. The topological polar surface area (TPSA) is 77.0 Å². The summed E-state index contributed by atoms with van der Waals surface area (Å²) in [7, 11) is 1.75. The van der Waals surface area contributed by atoms with Crippen molar-refractivity contribution in [1.82, 2.24) is 0 Å². The molecule has 0 aliphatic heterocycles. The van der Waals surface area contributed by atoms with Crippen molar-refractivity contribution >= 4 is 6.16 Å². The summed E-state index contributed by atoms with van der Waals surface area (Å²) in [4.78, 5) is 9.97. The van der Waals surface area contributed by atoms with Crippen molar-refractivity contribution in [3.63, 3.8) is 0 Å². The fraction of sp³-hybridized carbons (Fsp3) is 0.938. The minimum absolute atomic E-state index is 0.291. The van der Waals surface area contributed by atoms with Crippen LogP contribution in [0.2, 0.25) is 0 Å². The van der Waals surface area contributed by atoms with E-state index in [1.54, 1.807) is 7.05 Å². The first-order chi connectivity index (χ1) is 9.77. The van der Waals surface area contributed by atoms with E-state index in [1.807, 2.05) is 0 Å². The van der Waals surface area contributed by atoms with E-state index in [0.29, 0.717) is 6.61 Å². The molecule has 20 heavy (non-hydrogen) atoms. The monoisotopic (exact) mass is 289 g/mol. The average molecular weight is 289 g/mol. The molecule has 122 valence electrons. The van der Waals surface area contributed by atoms with Crippen molar-refractivity contribution in [3.05, 3.63) is 0 Å². The third kappa shape index (κ3) is 22.4. The van der Waals surface area contributed by atoms with Crippen LogP contribution < -0.4 is 10.8 Å². The number of rotatable bonds is 13. The first-order valence-electron chi connectivity index (χ1n) is 8.32. The molecule has 4 nitrogen and oxygen atoms in total. The Morgan fingerprint density at radius 3 is 1.50 bits per heavy atom. The molecule has 0 heterocycles. The normalized spacial score (nSPS) is 9.75. The molecule has 0 spiro atoms. The van der Waals surface area contributed by atoms with Crippen molar-refractivity contribution in [2.24, 2.45) is 0 Å². The zero-order valence-electron chi connectivity index (χ0n) is 13.6. The van der Waals surface area contributed by atoms with E-state index >= 15 is 0 Å². The Kier molecular flexibility index (Phi) is 22.1. The molecule has 0 saturated carbocycles. The van der Waals surface area contributed by atoms with Gasteiger partial charge in [-0.3, -0.25) is 0 Å². The van der Waals surface area contributed by atoms with Crippen LogP contribution in [0.5, 0.6) is 0 Å². The number of hydrogen-bond donors (Lipinski definition) is 1. The number of ether oxygens (including phenoxy) is 1. The Labute approximate surface area is 125 Å². The number of unbranched alkanes of at least 4 members (excludes halogenated alkanes) is 11. The molecule has 0 aromatic carbocycles. The Balaban J connectivity index is 0. The number of carbonyl (C=O) groups excluding carboxylic acids is 1. The zero-order valence-corrected chi connectivity index (χ0v) is 13.6. The zero-order chi connectivity index (χ0) is 15.5. The molecule has 0 atom stereocenters. The molecular weight excluding hydrogens is 254 g/mol. The lowest BCUT2D eigenvalue weighted by Crippen LogP contribution is -2.40.